The Morgan fingerprint density at radius 1 is 1.58 bits per heavy atom. The van der Waals surface area contributed by atoms with Crippen LogP contribution in [-0.2, 0) is 4.74 Å². The fraction of sp³-hybridized carbons (Fsp3) is 0.500. The van der Waals surface area contributed by atoms with Gasteiger partial charge in [0.2, 0.25) is 0 Å². The lowest BCUT2D eigenvalue weighted by Gasteiger charge is -2.13. The third-order valence-corrected chi connectivity index (χ3v) is 3.37. The van der Waals surface area contributed by atoms with Crippen molar-refractivity contribution < 1.29 is 14.9 Å². The number of aromatic nitrogens is 4. The van der Waals surface area contributed by atoms with Gasteiger partial charge >= 0.3 is 0 Å². The number of hydrogen-bond donors (Lipinski definition) is 4. The van der Waals surface area contributed by atoms with Crippen molar-refractivity contribution in [3.63, 3.8) is 0 Å². The van der Waals surface area contributed by atoms with Crippen LogP contribution >= 0.6 is 12.2 Å². The normalized spacial score (nSPS) is 27.2. The Labute approximate surface area is 111 Å². The number of ether oxygens (including phenoxy) is 1. The van der Waals surface area contributed by atoms with E-state index in [9.17, 15) is 9.90 Å². The largest absolute Gasteiger partial charge is 0.394 e. The second-order valence-corrected chi connectivity index (χ2v) is 4.78. The first-order valence-electron chi connectivity index (χ1n) is 5.73. The van der Waals surface area contributed by atoms with Gasteiger partial charge in [-0.15, -0.1) is 0 Å². The van der Waals surface area contributed by atoms with Crippen molar-refractivity contribution in [1.82, 2.24) is 19.5 Å². The third kappa shape index (κ3) is 2.00. The molecule has 0 bridgehead atoms. The molecule has 2 aromatic rings. The van der Waals surface area contributed by atoms with Crippen LogP contribution in [0.4, 0.5) is 0 Å². The lowest BCUT2D eigenvalue weighted by atomic mass is 10.2. The number of rotatable bonds is 2. The average Bonchev–Trinajstić information content (AvgIpc) is 2.92. The molecule has 9 heteroatoms. The maximum Gasteiger partial charge on any atom is 0.278 e. The lowest BCUT2D eigenvalue weighted by Crippen LogP contribution is -2.24. The van der Waals surface area contributed by atoms with Gasteiger partial charge in [0.15, 0.2) is 15.9 Å². The number of aliphatic hydroxyl groups is 2. The van der Waals surface area contributed by atoms with Crippen LogP contribution in [0.5, 0.6) is 0 Å². The Kier molecular flexibility index (Phi) is 2.97. The van der Waals surface area contributed by atoms with Crippen LogP contribution in [0.15, 0.2) is 11.1 Å². The molecule has 1 fully saturated rings. The molecule has 1 aliphatic rings. The molecule has 1 aliphatic heterocycles. The molecule has 0 unspecified atom stereocenters. The van der Waals surface area contributed by atoms with E-state index < -0.39 is 18.4 Å². The third-order valence-electron chi connectivity index (χ3n) is 3.16. The molecule has 1 saturated heterocycles. The Morgan fingerprint density at radius 3 is 3.05 bits per heavy atom. The van der Waals surface area contributed by atoms with Gasteiger partial charge in [-0.1, -0.05) is 0 Å². The molecule has 4 N–H and O–H groups in total. The second kappa shape index (κ2) is 4.53. The molecule has 3 heterocycles. The molecule has 0 aliphatic carbocycles. The summed E-state index contributed by atoms with van der Waals surface area (Å²) in [4.78, 5) is 21.2. The van der Waals surface area contributed by atoms with Crippen molar-refractivity contribution >= 4 is 23.4 Å². The fourth-order valence-electron chi connectivity index (χ4n) is 2.25. The SMILES string of the molecule is O=c1[nH]c(=S)[nH]c2ncn([C@H]3C[C@H](O)[C@@H](CO)O3)c12. The van der Waals surface area contributed by atoms with Crippen LogP contribution in [0.25, 0.3) is 11.2 Å². The standard InChI is InChI=1S/C10H12N4O4S/c15-2-5-4(16)1-6(18-5)14-3-11-8-7(14)9(17)13-10(19)12-8/h3-6,15-16H,1-2H2,(H2,12,13,17,19)/t4-,5+,6+/m0/s1. The van der Waals surface area contributed by atoms with Gasteiger partial charge in [-0.3, -0.25) is 14.3 Å². The molecule has 8 nitrogen and oxygen atoms in total. The summed E-state index contributed by atoms with van der Waals surface area (Å²) in [5.41, 5.74) is 0.283. The van der Waals surface area contributed by atoms with Crippen LogP contribution in [-0.4, -0.2) is 48.5 Å². The average molecular weight is 284 g/mol. The summed E-state index contributed by atoms with van der Waals surface area (Å²) in [5, 5.41) is 18.8. The summed E-state index contributed by atoms with van der Waals surface area (Å²) in [6, 6.07) is 0. The Morgan fingerprint density at radius 2 is 2.37 bits per heavy atom. The Bertz CT molecular complexity index is 720. The van der Waals surface area contributed by atoms with Gasteiger partial charge in [0.1, 0.15) is 12.3 Å². The van der Waals surface area contributed by atoms with Crippen molar-refractivity contribution in [3.05, 3.63) is 21.5 Å². The number of H-pyrrole nitrogens is 2. The van der Waals surface area contributed by atoms with Gasteiger partial charge in [0, 0.05) is 6.42 Å². The van der Waals surface area contributed by atoms with Gasteiger partial charge in [-0.2, -0.15) is 0 Å². The van der Waals surface area contributed by atoms with Crippen molar-refractivity contribution in [2.45, 2.75) is 24.9 Å². The lowest BCUT2D eigenvalue weighted by molar-refractivity contribution is -0.0431. The molecular weight excluding hydrogens is 272 g/mol. The van der Waals surface area contributed by atoms with Crippen LogP contribution in [0.1, 0.15) is 12.6 Å². The van der Waals surface area contributed by atoms with Crippen LogP contribution in [0.3, 0.4) is 0 Å². The maximum atomic E-state index is 11.9. The quantitative estimate of drug-likeness (QED) is 0.548. The van der Waals surface area contributed by atoms with Gasteiger partial charge in [-0.25, -0.2) is 4.98 Å². The minimum atomic E-state index is -0.770. The molecule has 2 aromatic heterocycles. The monoisotopic (exact) mass is 284 g/mol. The highest BCUT2D eigenvalue weighted by Crippen LogP contribution is 2.29. The maximum absolute atomic E-state index is 11.9. The van der Waals surface area contributed by atoms with Crippen LogP contribution in [0, 0.1) is 4.77 Å². The summed E-state index contributed by atoms with van der Waals surface area (Å²) in [6.07, 6.45) is -0.228. The predicted octanol–water partition coefficient (Wildman–Crippen LogP) is -0.577. The zero-order valence-corrected chi connectivity index (χ0v) is 10.6. The molecule has 3 rings (SSSR count). The number of imidazole rings is 1. The number of aromatic amines is 2. The molecule has 0 amide bonds. The predicted molar refractivity (Wildman–Crippen MR) is 67.2 cm³/mol. The van der Waals surface area contributed by atoms with E-state index in [1.165, 1.54) is 10.9 Å². The Balaban J connectivity index is 2.08. The van der Waals surface area contributed by atoms with E-state index in [-0.39, 0.29) is 23.4 Å². The summed E-state index contributed by atoms with van der Waals surface area (Å²) >= 11 is 4.86. The van der Waals surface area contributed by atoms with E-state index in [0.29, 0.717) is 11.2 Å². The van der Waals surface area contributed by atoms with E-state index in [1.54, 1.807) is 0 Å². The van der Waals surface area contributed by atoms with Crippen molar-refractivity contribution in [3.8, 4) is 0 Å². The zero-order chi connectivity index (χ0) is 13.6. The molecule has 3 atom stereocenters. The van der Waals surface area contributed by atoms with Crippen LogP contribution < -0.4 is 5.56 Å². The van der Waals surface area contributed by atoms with E-state index in [2.05, 4.69) is 15.0 Å². The van der Waals surface area contributed by atoms with Crippen molar-refractivity contribution in [1.29, 1.82) is 0 Å². The zero-order valence-electron chi connectivity index (χ0n) is 9.74. The number of hydrogen-bond acceptors (Lipinski definition) is 6. The van der Waals surface area contributed by atoms with E-state index in [4.69, 9.17) is 22.1 Å². The molecule has 0 spiro atoms. The summed E-state index contributed by atoms with van der Waals surface area (Å²) < 4.78 is 7.21. The summed E-state index contributed by atoms with van der Waals surface area (Å²) in [7, 11) is 0. The molecular formula is C10H12N4O4S. The van der Waals surface area contributed by atoms with E-state index in [0.717, 1.165) is 0 Å². The molecule has 0 aromatic carbocycles. The molecule has 0 saturated carbocycles. The highest BCUT2D eigenvalue weighted by Gasteiger charge is 2.35. The fourth-order valence-corrected chi connectivity index (χ4v) is 2.44. The second-order valence-electron chi connectivity index (χ2n) is 4.37. The van der Waals surface area contributed by atoms with E-state index in [1.807, 2.05) is 0 Å². The molecule has 102 valence electrons. The number of nitrogens with one attached hydrogen (secondary N) is 2. The first-order chi connectivity index (χ1) is 9.10. The van der Waals surface area contributed by atoms with Crippen molar-refractivity contribution in [2.75, 3.05) is 6.61 Å². The summed E-state index contributed by atoms with van der Waals surface area (Å²) in [5.74, 6) is 0. The van der Waals surface area contributed by atoms with Crippen LogP contribution in [0.2, 0.25) is 0 Å². The number of aliphatic hydroxyl groups excluding tert-OH is 2. The first kappa shape index (κ1) is 12.5. The topological polar surface area (TPSA) is 116 Å². The highest BCUT2D eigenvalue weighted by atomic mass is 32.1. The summed E-state index contributed by atoms with van der Waals surface area (Å²) in [6.45, 7) is -0.275. The molecule has 0 radical (unpaired) electrons. The number of nitrogens with zero attached hydrogens (tertiary/aromatic N) is 2. The van der Waals surface area contributed by atoms with Gasteiger partial charge in [0.25, 0.3) is 5.56 Å². The minimum absolute atomic E-state index is 0.198. The van der Waals surface area contributed by atoms with Crippen molar-refractivity contribution in [2.24, 2.45) is 0 Å². The van der Waals surface area contributed by atoms with E-state index >= 15 is 0 Å². The first-order valence-corrected chi connectivity index (χ1v) is 6.14. The number of fused-ring (bicyclic) bond motifs is 1. The highest BCUT2D eigenvalue weighted by molar-refractivity contribution is 7.71. The Hall–Kier alpha value is -1.55. The minimum Gasteiger partial charge on any atom is -0.394 e. The van der Waals surface area contributed by atoms with Gasteiger partial charge in [-0.05, 0) is 12.2 Å². The smallest absolute Gasteiger partial charge is 0.278 e. The van der Waals surface area contributed by atoms with Gasteiger partial charge in [0.05, 0.1) is 19.0 Å². The van der Waals surface area contributed by atoms with Gasteiger partial charge < -0.3 is 19.9 Å². The molecule has 19 heavy (non-hydrogen) atoms.